The Hall–Kier alpha value is -1.43. The van der Waals surface area contributed by atoms with E-state index in [1.807, 2.05) is 0 Å². The predicted octanol–water partition coefficient (Wildman–Crippen LogP) is 2.75. The van der Waals surface area contributed by atoms with Crippen LogP contribution in [0.25, 0.3) is 0 Å². The summed E-state index contributed by atoms with van der Waals surface area (Å²) >= 11 is 3.35. The molecule has 1 aromatic rings. The van der Waals surface area contributed by atoms with Crippen molar-refractivity contribution >= 4 is 33.4 Å². The molecule has 1 aliphatic carbocycles. The molecule has 0 radical (unpaired) electrons. The number of halogens is 2. The number of carbonyl (C=O) groups is 2. The highest BCUT2D eigenvalue weighted by Gasteiger charge is 2.51. The van der Waals surface area contributed by atoms with E-state index in [9.17, 15) is 14.0 Å². The van der Waals surface area contributed by atoms with Crippen molar-refractivity contribution in [2.24, 2.45) is 0 Å². The van der Waals surface area contributed by atoms with Crippen LogP contribution in [0.2, 0.25) is 0 Å². The molecule has 4 nitrogen and oxygen atoms in total. The largest absolute Gasteiger partial charge is 0.340 e. The van der Waals surface area contributed by atoms with E-state index >= 15 is 0 Å². The van der Waals surface area contributed by atoms with E-state index in [2.05, 4.69) is 21.2 Å². The van der Waals surface area contributed by atoms with Gasteiger partial charge in [-0.2, -0.15) is 0 Å². The molecule has 1 saturated carbocycles. The lowest BCUT2D eigenvalue weighted by molar-refractivity contribution is -0.137. The Labute approximate surface area is 130 Å². The summed E-state index contributed by atoms with van der Waals surface area (Å²) in [6.07, 6.45) is 3.12. The van der Waals surface area contributed by atoms with Crippen LogP contribution in [-0.2, 0) is 9.59 Å². The fourth-order valence-corrected chi connectivity index (χ4v) is 3.66. The monoisotopic (exact) mass is 354 g/mol. The predicted molar refractivity (Wildman–Crippen MR) is 80.4 cm³/mol. The number of piperazine rings is 1. The van der Waals surface area contributed by atoms with Gasteiger partial charge in [-0.25, -0.2) is 4.39 Å². The molecule has 112 valence electrons. The van der Waals surface area contributed by atoms with E-state index in [0.29, 0.717) is 23.0 Å². The zero-order chi connectivity index (χ0) is 15.2. The summed E-state index contributed by atoms with van der Waals surface area (Å²) in [5.41, 5.74) is -0.399. The Balaban J connectivity index is 2.08. The molecular weight excluding hydrogens is 339 g/mol. The standard InChI is InChI=1S/C15H16BrFN2O2/c1-9-13(20)18-15(6-2-3-7-15)14(21)19(9)12-8-10(17)4-5-11(12)16/h4-5,8-9H,2-3,6-7H2,1H3,(H,18,20). The summed E-state index contributed by atoms with van der Waals surface area (Å²) in [5.74, 6) is -0.759. The highest BCUT2D eigenvalue weighted by molar-refractivity contribution is 9.10. The van der Waals surface area contributed by atoms with Gasteiger partial charge >= 0.3 is 0 Å². The number of hydrogen-bond donors (Lipinski definition) is 1. The molecule has 3 rings (SSSR count). The minimum Gasteiger partial charge on any atom is -0.340 e. The second-order valence-corrected chi connectivity index (χ2v) is 6.58. The minimum absolute atomic E-state index is 0.140. The molecule has 2 fully saturated rings. The van der Waals surface area contributed by atoms with Gasteiger partial charge in [0.1, 0.15) is 17.4 Å². The lowest BCUT2D eigenvalue weighted by Crippen LogP contribution is -2.69. The molecule has 1 aromatic carbocycles. The van der Waals surface area contributed by atoms with Gasteiger partial charge in [-0.05, 0) is 53.9 Å². The van der Waals surface area contributed by atoms with Crippen molar-refractivity contribution in [3.05, 3.63) is 28.5 Å². The van der Waals surface area contributed by atoms with Crippen LogP contribution in [-0.4, -0.2) is 23.4 Å². The quantitative estimate of drug-likeness (QED) is 0.842. The van der Waals surface area contributed by atoms with Crippen LogP contribution < -0.4 is 10.2 Å². The van der Waals surface area contributed by atoms with Crippen LogP contribution in [0.4, 0.5) is 10.1 Å². The van der Waals surface area contributed by atoms with Gasteiger partial charge in [0.2, 0.25) is 5.91 Å². The van der Waals surface area contributed by atoms with Gasteiger partial charge < -0.3 is 5.32 Å². The molecule has 1 atom stereocenters. The van der Waals surface area contributed by atoms with Crippen LogP contribution >= 0.6 is 15.9 Å². The van der Waals surface area contributed by atoms with Crippen LogP contribution in [0.5, 0.6) is 0 Å². The first-order valence-electron chi connectivity index (χ1n) is 7.05. The number of rotatable bonds is 1. The number of nitrogens with zero attached hydrogens (tertiary/aromatic N) is 1. The van der Waals surface area contributed by atoms with E-state index in [1.54, 1.807) is 13.0 Å². The van der Waals surface area contributed by atoms with Gasteiger partial charge in [0.05, 0.1) is 5.69 Å². The fourth-order valence-electron chi connectivity index (χ4n) is 3.22. The molecule has 1 aliphatic heterocycles. The maximum absolute atomic E-state index is 13.6. The van der Waals surface area contributed by atoms with Crippen LogP contribution in [0, 0.1) is 5.82 Å². The Bertz CT molecular complexity index is 614. The summed E-state index contributed by atoms with van der Waals surface area (Å²) in [7, 11) is 0. The smallest absolute Gasteiger partial charge is 0.253 e. The topological polar surface area (TPSA) is 49.4 Å². The third-order valence-electron chi connectivity index (χ3n) is 4.38. The lowest BCUT2D eigenvalue weighted by atomic mass is 9.90. The van der Waals surface area contributed by atoms with E-state index in [0.717, 1.165) is 12.8 Å². The van der Waals surface area contributed by atoms with Gasteiger partial charge in [-0.15, -0.1) is 0 Å². The highest BCUT2D eigenvalue weighted by atomic mass is 79.9. The van der Waals surface area contributed by atoms with Gasteiger partial charge in [-0.3, -0.25) is 14.5 Å². The lowest BCUT2D eigenvalue weighted by Gasteiger charge is -2.43. The molecule has 6 heteroatoms. The van der Waals surface area contributed by atoms with Gasteiger partial charge in [0.15, 0.2) is 0 Å². The first-order chi connectivity index (χ1) is 9.94. The Morgan fingerprint density at radius 3 is 2.67 bits per heavy atom. The third kappa shape index (κ3) is 2.25. The molecule has 2 aliphatic rings. The average molecular weight is 355 g/mol. The number of anilines is 1. The van der Waals surface area contributed by atoms with E-state index in [-0.39, 0.29) is 11.8 Å². The van der Waals surface area contributed by atoms with Crippen LogP contribution in [0.1, 0.15) is 32.6 Å². The van der Waals surface area contributed by atoms with Crippen LogP contribution in [0.3, 0.4) is 0 Å². The number of benzene rings is 1. The Kier molecular flexibility index (Phi) is 3.51. The van der Waals surface area contributed by atoms with Crippen molar-refractivity contribution in [3.8, 4) is 0 Å². The summed E-state index contributed by atoms with van der Waals surface area (Å²) in [4.78, 5) is 26.6. The first-order valence-corrected chi connectivity index (χ1v) is 7.85. The zero-order valence-corrected chi connectivity index (χ0v) is 13.2. The average Bonchev–Trinajstić information content (AvgIpc) is 2.90. The van der Waals surface area contributed by atoms with Gasteiger partial charge in [0, 0.05) is 4.47 Å². The van der Waals surface area contributed by atoms with E-state index in [4.69, 9.17) is 0 Å². The molecule has 0 bridgehead atoms. The van der Waals surface area contributed by atoms with Crippen molar-refractivity contribution in [1.29, 1.82) is 0 Å². The van der Waals surface area contributed by atoms with Crippen molar-refractivity contribution in [3.63, 3.8) is 0 Å². The SMILES string of the molecule is CC1C(=O)NC2(CCCC2)C(=O)N1c1cc(F)ccc1Br. The van der Waals surface area contributed by atoms with Gasteiger partial charge in [-0.1, -0.05) is 12.8 Å². The molecule has 1 spiro atoms. The van der Waals surface area contributed by atoms with Crippen molar-refractivity contribution in [1.82, 2.24) is 5.32 Å². The Morgan fingerprint density at radius 2 is 2.00 bits per heavy atom. The molecule has 21 heavy (non-hydrogen) atoms. The van der Waals surface area contributed by atoms with Gasteiger partial charge in [0.25, 0.3) is 5.91 Å². The molecular formula is C15H16BrFN2O2. The summed E-state index contributed by atoms with van der Waals surface area (Å²) in [5, 5.41) is 2.89. The van der Waals surface area contributed by atoms with Crippen molar-refractivity contribution in [2.75, 3.05) is 4.90 Å². The molecule has 0 aromatic heterocycles. The molecule has 1 heterocycles. The molecule has 1 saturated heterocycles. The number of carbonyl (C=O) groups excluding carboxylic acids is 2. The fraction of sp³-hybridized carbons (Fsp3) is 0.467. The van der Waals surface area contributed by atoms with E-state index in [1.165, 1.54) is 17.0 Å². The molecule has 1 N–H and O–H groups in total. The number of nitrogens with one attached hydrogen (secondary N) is 1. The maximum Gasteiger partial charge on any atom is 0.253 e. The van der Waals surface area contributed by atoms with Crippen molar-refractivity contribution < 1.29 is 14.0 Å². The first kappa shape index (κ1) is 14.5. The second-order valence-electron chi connectivity index (χ2n) is 5.73. The summed E-state index contributed by atoms with van der Waals surface area (Å²) in [6.45, 7) is 1.66. The highest BCUT2D eigenvalue weighted by Crippen LogP contribution is 2.38. The minimum atomic E-state index is -0.810. The molecule has 1 unspecified atom stereocenters. The summed E-state index contributed by atoms with van der Waals surface area (Å²) < 4.78 is 14.2. The zero-order valence-electron chi connectivity index (χ0n) is 11.7. The maximum atomic E-state index is 13.6. The second kappa shape index (κ2) is 5.09. The molecule has 2 amide bonds. The van der Waals surface area contributed by atoms with Crippen molar-refractivity contribution in [2.45, 2.75) is 44.2 Å². The normalized spacial score (nSPS) is 24.5. The van der Waals surface area contributed by atoms with Crippen LogP contribution in [0.15, 0.2) is 22.7 Å². The summed E-state index contributed by atoms with van der Waals surface area (Å²) in [6, 6.07) is 3.51. The van der Waals surface area contributed by atoms with E-state index < -0.39 is 17.4 Å². The number of amides is 2. The Morgan fingerprint density at radius 1 is 1.33 bits per heavy atom. The third-order valence-corrected chi connectivity index (χ3v) is 5.05. The number of hydrogen-bond acceptors (Lipinski definition) is 2.